The second-order valence-electron chi connectivity index (χ2n) is 5.03. The Morgan fingerprint density at radius 2 is 1.68 bits per heavy atom. The average molecular weight is 261 g/mol. The van der Waals surface area contributed by atoms with Crippen molar-refractivity contribution < 1.29 is 8.78 Å². The molecule has 2 aromatic rings. The largest absolute Gasteiger partial charge is 0.330 e. The van der Waals surface area contributed by atoms with Crippen LogP contribution >= 0.6 is 0 Å². The van der Waals surface area contributed by atoms with Gasteiger partial charge >= 0.3 is 0 Å². The number of benzene rings is 2. The fourth-order valence-corrected chi connectivity index (χ4v) is 2.29. The van der Waals surface area contributed by atoms with Gasteiger partial charge in [-0.3, -0.25) is 0 Å². The van der Waals surface area contributed by atoms with Gasteiger partial charge in [0, 0.05) is 12.0 Å². The molecule has 1 atom stereocenters. The van der Waals surface area contributed by atoms with Crippen LogP contribution in [0.3, 0.4) is 0 Å². The van der Waals surface area contributed by atoms with E-state index in [2.05, 4.69) is 0 Å². The van der Waals surface area contributed by atoms with E-state index in [0.29, 0.717) is 12.0 Å². The summed E-state index contributed by atoms with van der Waals surface area (Å²) in [5.74, 6) is -1.63. The van der Waals surface area contributed by atoms with Crippen molar-refractivity contribution in [2.45, 2.75) is 18.8 Å². The highest BCUT2D eigenvalue weighted by Crippen LogP contribution is 2.30. The molecule has 2 rings (SSSR count). The van der Waals surface area contributed by atoms with E-state index < -0.39 is 17.0 Å². The third kappa shape index (κ3) is 2.82. The Morgan fingerprint density at radius 3 is 2.32 bits per heavy atom. The number of hydrogen-bond acceptors (Lipinski definition) is 1. The van der Waals surface area contributed by atoms with Crippen LogP contribution in [0.4, 0.5) is 8.78 Å². The minimum atomic E-state index is -0.828. The molecule has 0 heterocycles. The first-order valence-electron chi connectivity index (χ1n) is 6.25. The third-order valence-electron chi connectivity index (χ3n) is 3.49. The predicted molar refractivity (Wildman–Crippen MR) is 72.9 cm³/mol. The fourth-order valence-electron chi connectivity index (χ4n) is 2.29. The van der Waals surface area contributed by atoms with E-state index in [1.54, 1.807) is 6.07 Å². The van der Waals surface area contributed by atoms with Gasteiger partial charge in [-0.25, -0.2) is 8.78 Å². The second-order valence-corrected chi connectivity index (χ2v) is 5.03. The van der Waals surface area contributed by atoms with Crippen LogP contribution < -0.4 is 5.73 Å². The van der Waals surface area contributed by atoms with Crippen LogP contribution in [0.15, 0.2) is 48.5 Å². The smallest absolute Gasteiger partial charge is 0.162 e. The summed E-state index contributed by atoms with van der Waals surface area (Å²) in [4.78, 5) is 0. The molecule has 2 aromatic carbocycles. The van der Waals surface area contributed by atoms with E-state index in [-0.39, 0.29) is 6.54 Å². The van der Waals surface area contributed by atoms with Gasteiger partial charge in [-0.1, -0.05) is 49.4 Å². The molecule has 1 unspecified atom stereocenters. The van der Waals surface area contributed by atoms with E-state index in [0.717, 1.165) is 11.6 Å². The molecule has 0 aliphatic carbocycles. The Kier molecular flexibility index (Phi) is 3.96. The first-order valence-corrected chi connectivity index (χ1v) is 6.25. The number of rotatable bonds is 4. The lowest BCUT2D eigenvalue weighted by molar-refractivity contribution is 0.425. The molecule has 100 valence electrons. The molecule has 0 saturated heterocycles. The van der Waals surface area contributed by atoms with Crippen LogP contribution in [0.5, 0.6) is 0 Å². The Labute approximate surface area is 112 Å². The maximum absolute atomic E-state index is 14.0. The monoisotopic (exact) mass is 261 g/mol. The maximum Gasteiger partial charge on any atom is 0.162 e. The van der Waals surface area contributed by atoms with Crippen molar-refractivity contribution >= 4 is 0 Å². The summed E-state index contributed by atoms with van der Waals surface area (Å²) in [7, 11) is 0. The van der Waals surface area contributed by atoms with Gasteiger partial charge in [-0.05, 0) is 23.6 Å². The molecule has 0 fully saturated rings. The summed E-state index contributed by atoms with van der Waals surface area (Å²) in [6, 6.07) is 13.9. The summed E-state index contributed by atoms with van der Waals surface area (Å²) in [6.45, 7) is 2.11. The molecule has 0 aliphatic heterocycles. The normalized spacial score (nSPS) is 14.1. The van der Waals surface area contributed by atoms with Crippen molar-refractivity contribution in [2.24, 2.45) is 5.73 Å². The molecule has 0 spiro atoms. The van der Waals surface area contributed by atoms with Gasteiger partial charge in [0.15, 0.2) is 11.6 Å². The highest BCUT2D eigenvalue weighted by molar-refractivity contribution is 5.31. The third-order valence-corrected chi connectivity index (χ3v) is 3.49. The summed E-state index contributed by atoms with van der Waals surface area (Å²) in [5.41, 5.74) is 6.59. The Hall–Kier alpha value is -1.74. The van der Waals surface area contributed by atoms with Gasteiger partial charge in [-0.2, -0.15) is 0 Å². The standard InChI is InChI=1S/C16H17F2N/c1-16(11-19,10-12-6-3-2-4-7-12)13-8-5-9-14(17)15(13)18/h2-9H,10-11,19H2,1H3. The van der Waals surface area contributed by atoms with Crippen molar-refractivity contribution in [2.75, 3.05) is 6.54 Å². The SMILES string of the molecule is CC(CN)(Cc1ccccc1)c1cccc(F)c1F. The molecule has 0 aromatic heterocycles. The molecule has 0 radical (unpaired) electrons. The van der Waals surface area contributed by atoms with E-state index in [9.17, 15) is 8.78 Å². The van der Waals surface area contributed by atoms with Crippen molar-refractivity contribution in [3.63, 3.8) is 0 Å². The minimum Gasteiger partial charge on any atom is -0.330 e. The predicted octanol–water partition coefficient (Wildman–Crippen LogP) is 3.42. The van der Waals surface area contributed by atoms with Crippen molar-refractivity contribution in [1.29, 1.82) is 0 Å². The fraction of sp³-hybridized carbons (Fsp3) is 0.250. The Bertz CT molecular complexity index is 554. The lowest BCUT2D eigenvalue weighted by Gasteiger charge is -2.29. The molecular formula is C16H17F2N. The molecule has 0 aliphatic rings. The summed E-state index contributed by atoms with van der Waals surface area (Å²) < 4.78 is 27.3. The van der Waals surface area contributed by atoms with Gasteiger partial charge in [0.05, 0.1) is 0 Å². The lowest BCUT2D eigenvalue weighted by Crippen LogP contribution is -2.35. The quantitative estimate of drug-likeness (QED) is 0.896. The number of halogens is 2. The van der Waals surface area contributed by atoms with Crippen LogP contribution in [0.1, 0.15) is 18.1 Å². The molecular weight excluding hydrogens is 244 g/mol. The lowest BCUT2D eigenvalue weighted by atomic mass is 9.77. The first-order chi connectivity index (χ1) is 9.07. The zero-order valence-electron chi connectivity index (χ0n) is 10.9. The summed E-state index contributed by atoms with van der Waals surface area (Å²) >= 11 is 0. The van der Waals surface area contributed by atoms with Gasteiger partial charge in [0.2, 0.25) is 0 Å². The maximum atomic E-state index is 14.0. The Balaban J connectivity index is 2.40. The van der Waals surface area contributed by atoms with Crippen molar-refractivity contribution in [1.82, 2.24) is 0 Å². The van der Waals surface area contributed by atoms with E-state index in [4.69, 9.17) is 5.73 Å². The molecule has 0 bridgehead atoms. The van der Waals surface area contributed by atoms with Gasteiger partial charge in [-0.15, -0.1) is 0 Å². The number of nitrogens with two attached hydrogens (primary N) is 1. The minimum absolute atomic E-state index is 0.252. The Morgan fingerprint density at radius 1 is 1.00 bits per heavy atom. The van der Waals surface area contributed by atoms with Crippen LogP contribution in [-0.2, 0) is 11.8 Å². The second kappa shape index (κ2) is 5.49. The molecule has 3 heteroatoms. The van der Waals surface area contributed by atoms with Crippen molar-refractivity contribution in [3.05, 3.63) is 71.3 Å². The molecule has 0 saturated carbocycles. The zero-order chi connectivity index (χ0) is 13.9. The van der Waals surface area contributed by atoms with Crippen molar-refractivity contribution in [3.8, 4) is 0 Å². The molecule has 2 N–H and O–H groups in total. The van der Waals surface area contributed by atoms with Crippen LogP contribution in [-0.4, -0.2) is 6.54 Å². The average Bonchev–Trinajstić information content (AvgIpc) is 2.43. The van der Waals surface area contributed by atoms with Gasteiger partial charge < -0.3 is 5.73 Å². The summed E-state index contributed by atoms with van der Waals surface area (Å²) in [5, 5.41) is 0. The molecule has 0 amide bonds. The first kappa shape index (κ1) is 13.7. The van der Waals surface area contributed by atoms with Gasteiger partial charge in [0.25, 0.3) is 0 Å². The summed E-state index contributed by atoms with van der Waals surface area (Å²) in [6.07, 6.45) is 0.574. The van der Waals surface area contributed by atoms with Crippen LogP contribution in [0.25, 0.3) is 0 Å². The molecule has 1 nitrogen and oxygen atoms in total. The van der Waals surface area contributed by atoms with E-state index in [1.807, 2.05) is 37.3 Å². The van der Waals surface area contributed by atoms with Crippen LogP contribution in [0, 0.1) is 11.6 Å². The van der Waals surface area contributed by atoms with Gasteiger partial charge in [0.1, 0.15) is 0 Å². The van der Waals surface area contributed by atoms with E-state index >= 15 is 0 Å². The highest BCUT2D eigenvalue weighted by atomic mass is 19.2. The number of hydrogen-bond donors (Lipinski definition) is 1. The van der Waals surface area contributed by atoms with Crippen LogP contribution in [0.2, 0.25) is 0 Å². The zero-order valence-corrected chi connectivity index (χ0v) is 10.9. The highest BCUT2D eigenvalue weighted by Gasteiger charge is 2.29. The van der Waals surface area contributed by atoms with E-state index in [1.165, 1.54) is 6.07 Å². The molecule has 19 heavy (non-hydrogen) atoms. The topological polar surface area (TPSA) is 26.0 Å².